The van der Waals surface area contributed by atoms with Crippen LogP contribution in [0.4, 0.5) is 5.13 Å². The fourth-order valence-electron chi connectivity index (χ4n) is 2.79. The first-order chi connectivity index (χ1) is 13.6. The zero-order chi connectivity index (χ0) is 19.5. The first-order valence-corrected chi connectivity index (χ1v) is 10.1. The van der Waals surface area contributed by atoms with Crippen LogP contribution in [0.15, 0.2) is 78.9 Å². The lowest BCUT2D eigenvalue weighted by atomic mass is 10.1. The summed E-state index contributed by atoms with van der Waals surface area (Å²) in [5.74, 6) is -0.324. The molecule has 0 saturated heterocycles. The van der Waals surface area contributed by atoms with Crippen molar-refractivity contribution in [3.8, 4) is 21.7 Å². The highest BCUT2D eigenvalue weighted by Crippen LogP contribution is 2.39. The van der Waals surface area contributed by atoms with Crippen molar-refractivity contribution in [2.45, 2.75) is 0 Å². The molecule has 0 unspecified atom stereocenters. The highest BCUT2D eigenvalue weighted by Gasteiger charge is 2.18. The monoisotopic (exact) mass is 424 g/mol. The van der Waals surface area contributed by atoms with Crippen LogP contribution < -0.4 is 5.32 Å². The number of carbonyl (C=O) groups excluding carboxylic acids is 1. The Hall–Kier alpha value is -2.66. The minimum absolute atomic E-state index is 0.299. The van der Waals surface area contributed by atoms with Gasteiger partial charge in [-0.2, -0.15) is 0 Å². The molecule has 4 aromatic rings. The van der Waals surface area contributed by atoms with Gasteiger partial charge in [-0.1, -0.05) is 95.2 Å². The molecular formula is C22H14Cl2N2OS. The van der Waals surface area contributed by atoms with Crippen molar-refractivity contribution in [3.05, 3.63) is 94.5 Å². The molecule has 3 aromatic carbocycles. The summed E-state index contributed by atoms with van der Waals surface area (Å²) >= 11 is 13.5. The maximum absolute atomic E-state index is 12.7. The van der Waals surface area contributed by atoms with Crippen molar-refractivity contribution in [2.75, 3.05) is 5.32 Å². The van der Waals surface area contributed by atoms with E-state index < -0.39 is 0 Å². The SMILES string of the molecule is O=C(Nc1nc(-c2ccccc2)c(-c2ccccc2)s1)c1ccc(Cl)cc1Cl. The van der Waals surface area contributed by atoms with E-state index in [0.717, 1.165) is 21.7 Å². The predicted molar refractivity (Wildman–Crippen MR) is 117 cm³/mol. The number of nitrogens with zero attached hydrogens (tertiary/aromatic N) is 1. The van der Waals surface area contributed by atoms with E-state index in [2.05, 4.69) is 10.3 Å². The Morgan fingerprint density at radius 3 is 2.14 bits per heavy atom. The lowest BCUT2D eigenvalue weighted by molar-refractivity contribution is 0.102. The fourth-order valence-corrected chi connectivity index (χ4v) is 4.27. The maximum Gasteiger partial charge on any atom is 0.258 e. The Morgan fingerprint density at radius 1 is 0.857 bits per heavy atom. The van der Waals surface area contributed by atoms with Gasteiger partial charge in [-0.05, 0) is 23.8 Å². The summed E-state index contributed by atoms with van der Waals surface area (Å²) < 4.78 is 0. The summed E-state index contributed by atoms with van der Waals surface area (Å²) in [4.78, 5) is 18.3. The normalized spacial score (nSPS) is 10.6. The molecule has 0 fully saturated rings. The number of benzene rings is 3. The molecule has 0 saturated carbocycles. The van der Waals surface area contributed by atoms with E-state index in [1.54, 1.807) is 18.2 Å². The van der Waals surface area contributed by atoms with Gasteiger partial charge in [-0.25, -0.2) is 4.98 Å². The highest BCUT2D eigenvalue weighted by molar-refractivity contribution is 7.19. The molecule has 0 atom stereocenters. The van der Waals surface area contributed by atoms with Gasteiger partial charge < -0.3 is 0 Å². The average molecular weight is 425 g/mol. The van der Waals surface area contributed by atoms with Gasteiger partial charge in [0, 0.05) is 10.6 Å². The summed E-state index contributed by atoms with van der Waals surface area (Å²) in [5, 5.41) is 4.15. The molecule has 0 bridgehead atoms. The molecule has 3 nitrogen and oxygen atoms in total. The van der Waals surface area contributed by atoms with Gasteiger partial charge in [-0.3, -0.25) is 10.1 Å². The molecule has 0 aliphatic heterocycles. The minimum Gasteiger partial charge on any atom is -0.298 e. The molecule has 138 valence electrons. The number of hydrogen-bond donors (Lipinski definition) is 1. The van der Waals surface area contributed by atoms with Crippen LogP contribution in [0.25, 0.3) is 21.7 Å². The molecule has 0 aliphatic rings. The van der Waals surface area contributed by atoms with Crippen LogP contribution in [-0.4, -0.2) is 10.9 Å². The highest BCUT2D eigenvalue weighted by atomic mass is 35.5. The molecule has 0 radical (unpaired) electrons. The first-order valence-electron chi connectivity index (χ1n) is 8.50. The van der Waals surface area contributed by atoms with Gasteiger partial charge in [0.2, 0.25) is 0 Å². The van der Waals surface area contributed by atoms with Crippen molar-refractivity contribution >= 4 is 45.6 Å². The standard InChI is InChI=1S/C22H14Cl2N2OS/c23-16-11-12-17(18(24)13-16)21(27)26-22-25-19(14-7-3-1-4-8-14)20(28-22)15-9-5-2-6-10-15/h1-13H,(H,25,26,27). The van der Waals surface area contributed by atoms with E-state index in [1.807, 2.05) is 60.7 Å². The fraction of sp³-hybridized carbons (Fsp3) is 0. The molecular weight excluding hydrogens is 411 g/mol. The number of amides is 1. The minimum atomic E-state index is -0.324. The Balaban J connectivity index is 1.72. The Labute approximate surface area is 176 Å². The summed E-state index contributed by atoms with van der Waals surface area (Å²) in [6, 6.07) is 24.7. The van der Waals surface area contributed by atoms with Crippen LogP contribution in [-0.2, 0) is 0 Å². The molecule has 1 heterocycles. The quantitative estimate of drug-likeness (QED) is 0.381. The number of halogens is 2. The van der Waals surface area contributed by atoms with Crippen LogP contribution in [0.2, 0.25) is 10.0 Å². The van der Waals surface area contributed by atoms with Crippen LogP contribution >= 0.6 is 34.5 Å². The number of hydrogen-bond acceptors (Lipinski definition) is 3. The van der Waals surface area contributed by atoms with Crippen molar-refractivity contribution in [2.24, 2.45) is 0 Å². The topological polar surface area (TPSA) is 42.0 Å². The molecule has 4 rings (SSSR count). The number of nitrogens with one attached hydrogen (secondary N) is 1. The van der Waals surface area contributed by atoms with E-state index in [4.69, 9.17) is 23.2 Å². The third-order valence-corrected chi connectivity index (χ3v) is 5.67. The van der Waals surface area contributed by atoms with E-state index in [1.165, 1.54) is 11.3 Å². The molecule has 28 heavy (non-hydrogen) atoms. The van der Waals surface area contributed by atoms with E-state index in [-0.39, 0.29) is 5.91 Å². The van der Waals surface area contributed by atoms with Crippen LogP contribution in [0.3, 0.4) is 0 Å². The molecule has 1 amide bonds. The number of anilines is 1. The number of thiazole rings is 1. The second-order valence-corrected chi connectivity index (χ2v) is 7.85. The molecule has 6 heteroatoms. The van der Waals surface area contributed by atoms with E-state index >= 15 is 0 Å². The summed E-state index contributed by atoms with van der Waals surface area (Å²) in [6.45, 7) is 0. The van der Waals surface area contributed by atoms with E-state index in [9.17, 15) is 4.79 Å². The first kappa shape index (κ1) is 18.7. The Kier molecular flexibility index (Phi) is 5.44. The molecule has 0 aliphatic carbocycles. The molecule has 0 spiro atoms. The van der Waals surface area contributed by atoms with Gasteiger partial charge in [0.25, 0.3) is 5.91 Å². The second-order valence-electron chi connectivity index (χ2n) is 6.01. The van der Waals surface area contributed by atoms with E-state index in [0.29, 0.717) is 20.7 Å². The van der Waals surface area contributed by atoms with Gasteiger partial charge in [0.1, 0.15) is 0 Å². The van der Waals surface area contributed by atoms with Gasteiger partial charge >= 0.3 is 0 Å². The summed E-state index contributed by atoms with van der Waals surface area (Å²) in [6.07, 6.45) is 0. The average Bonchev–Trinajstić information content (AvgIpc) is 3.13. The van der Waals surface area contributed by atoms with Gasteiger partial charge in [0.15, 0.2) is 5.13 Å². The number of aromatic nitrogens is 1. The van der Waals surface area contributed by atoms with Crippen molar-refractivity contribution in [1.29, 1.82) is 0 Å². The largest absolute Gasteiger partial charge is 0.298 e. The van der Waals surface area contributed by atoms with Crippen LogP contribution in [0.5, 0.6) is 0 Å². The Morgan fingerprint density at radius 2 is 1.50 bits per heavy atom. The maximum atomic E-state index is 12.7. The van der Waals surface area contributed by atoms with Gasteiger partial charge in [-0.15, -0.1) is 0 Å². The summed E-state index contributed by atoms with van der Waals surface area (Å²) in [7, 11) is 0. The second kappa shape index (κ2) is 8.15. The summed E-state index contributed by atoms with van der Waals surface area (Å²) in [5.41, 5.74) is 3.21. The zero-order valence-corrected chi connectivity index (χ0v) is 16.9. The third-order valence-electron chi connectivity index (χ3n) is 4.11. The molecule has 1 N–H and O–H groups in total. The van der Waals surface area contributed by atoms with Gasteiger partial charge in [0.05, 0.1) is 21.2 Å². The smallest absolute Gasteiger partial charge is 0.258 e. The number of carbonyl (C=O) groups is 1. The predicted octanol–water partition coefficient (Wildman–Crippen LogP) is 7.04. The number of rotatable bonds is 4. The lowest BCUT2D eigenvalue weighted by Gasteiger charge is -2.04. The molecule has 1 aromatic heterocycles. The third kappa shape index (κ3) is 3.94. The van der Waals surface area contributed by atoms with Crippen molar-refractivity contribution in [3.63, 3.8) is 0 Å². The van der Waals surface area contributed by atoms with Crippen molar-refractivity contribution < 1.29 is 4.79 Å². The van der Waals surface area contributed by atoms with Crippen LogP contribution in [0, 0.1) is 0 Å². The lowest BCUT2D eigenvalue weighted by Crippen LogP contribution is -2.12. The Bertz CT molecular complexity index is 1070. The van der Waals surface area contributed by atoms with Crippen LogP contribution in [0.1, 0.15) is 10.4 Å². The zero-order valence-electron chi connectivity index (χ0n) is 14.5. The van der Waals surface area contributed by atoms with Crippen molar-refractivity contribution in [1.82, 2.24) is 4.98 Å².